The molecule has 18 heavy (non-hydrogen) atoms. The topological polar surface area (TPSA) is 54.2 Å². The first kappa shape index (κ1) is 13.2. The second-order valence-electron chi connectivity index (χ2n) is 4.92. The molecule has 1 aromatic rings. The van der Waals surface area contributed by atoms with E-state index in [-0.39, 0.29) is 0 Å². The molecule has 98 valence electrons. The van der Waals surface area contributed by atoms with E-state index in [1.54, 1.807) is 6.20 Å². The second-order valence-corrected chi connectivity index (χ2v) is 5.36. The lowest BCUT2D eigenvalue weighted by molar-refractivity contribution is 0.257. The molecule has 1 aromatic heterocycles. The zero-order chi connectivity index (χ0) is 13.1. The summed E-state index contributed by atoms with van der Waals surface area (Å²) in [5, 5.41) is 3.39. The van der Waals surface area contributed by atoms with Gasteiger partial charge in [-0.3, -0.25) is 9.88 Å². The molecular formula is C13H20N4S. The lowest BCUT2D eigenvalue weighted by Gasteiger charge is -2.25. The molecule has 0 saturated heterocycles. The molecule has 0 amide bonds. The van der Waals surface area contributed by atoms with E-state index in [1.807, 2.05) is 12.1 Å². The van der Waals surface area contributed by atoms with Crippen LogP contribution in [0.1, 0.15) is 25.5 Å². The molecule has 0 radical (unpaired) electrons. The number of aromatic nitrogens is 1. The Kier molecular flexibility index (Phi) is 4.14. The van der Waals surface area contributed by atoms with Crippen LogP contribution in [0.15, 0.2) is 18.3 Å². The monoisotopic (exact) mass is 264 g/mol. The molecule has 1 aliphatic rings. The minimum absolute atomic E-state index is 0.336. The minimum Gasteiger partial charge on any atom is -0.388 e. The fourth-order valence-corrected chi connectivity index (χ4v) is 2.02. The third-order valence-corrected chi connectivity index (χ3v) is 3.64. The lowest BCUT2D eigenvalue weighted by Crippen LogP contribution is -2.36. The second kappa shape index (κ2) is 5.63. The molecule has 0 bridgehead atoms. The largest absolute Gasteiger partial charge is 0.388 e. The molecule has 0 aliphatic heterocycles. The van der Waals surface area contributed by atoms with Crippen LogP contribution < -0.4 is 11.1 Å². The Morgan fingerprint density at radius 1 is 1.61 bits per heavy atom. The minimum atomic E-state index is 0.336. The van der Waals surface area contributed by atoms with Crippen molar-refractivity contribution in [3.8, 4) is 0 Å². The Balaban J connectivity index is 1.83. The maximum Gasteiger partial charge on any atom is 0.122 e. The van der Waals surface area contributed by atoms with Crippen molar-refractivity contribution >= 4 is 22.9 Å². The van der Waals surface area contributed by atoms with E-state index in [1.165, 1.54) is 12.8 Å². The smallest absolute Gasteiger partial charge is 0.122 e. The average Bonchev–Trinajstić information content (AvgIpc) is 3.19. The fourth-order valence-electron chi connectivity index (χ4n) is 1.90. The molecule has 4 nitrogen and oxygen atoms in total. The first-order valence-electron chi connectivity index (χ1n) is 6.29. The van der Waals surface area contributed by atoms with Crippen LogP contribution in [0.2, 0.25) is 0 Å². The summed E-state index contributed by atoms with van der Waals surface area (Å²) in [6, 6.07) is 5.12. The molecule has 0 spiro atoms. The lowest BCUT2D eigenvalue weighted by atomic mass is 10.2. The van der Waals surface area contributed by atoms with Crippen LogP contribution in [0, 0.1) is 0 Å². The molecule has 3 N–H and O–H groups in total. The van der Waals surface area contributed by atoms with Crippen LogP contribution in [0.3, 0.4) is 0 Å². The summed E-state index contributed by atoms with van der Waals surface area (Å²) < 4.78 is 0. The molecular weight excluding hydrogens is 244 g/mol. The Bertz CT molecular complexity index is 414. The van der Waals surface area contributed by atoms with Crippen molar-refractivity contribution in [2.45, 2.75) is 31.8 Å². The number of nitrogens with two attached hydrogens (primary N) is 1. The predicted octanol–water partition coefficient (Wildman–Crippen LogP) is 1.61. The van der Waals surface area contributed by atoms with Crippen LogP contribution in [0.5, 0.6) is 0 Å². The predicted molar refractivity (Wildman–Crippen MR) is 78.9 cm³/mol. The molecule has 1 fully saturated rings. The normalized spacial score (nSPS) is 16.6. The number of hydrogen-bond acceptors (Lipinski definition) is 4. The van der Waals surface area contributed by atoms with Crippen molar-refractivity contribution in [3.05, 3.63) is 24.0 Å². The van der Waals surface area contributed by atoms with Gasteiger partial charge in [0.1, 0.15) is 4.99 Å². The summed E-state index contributed by atoms with van der Waals surface area (Å²) >= 11 is 4.87. The van der Waals surface area contributed by atoms with Crippen molar-refractivity contribution in [3.63, 3.8) is 0 Å². The maximum absolute atomic E-state index is 5.51. The Hall–Kier alpha value is -1.20. The van der Waals surface area contributed by atoms with Gasteiger partial charge in [-0.25, -0.2) is 0 Å². The van der Waals surface area contributed by atoms with E-state index in [0.717, 1.165) is 18.3 Å². The van der Waals surface area contributed by atoms with Crippen LogP contribution in [-0.4, -0.2) is 40.5 Å². The molecule has 1 aliphatic carbocycles. The molecule has 0 aromatic carbocycles. The quantitative estimate of drug-likeness (QED) is 0.765. The van der Waals surface area contributed by atoms with E-state index in [0.29, 0.717) is 16.7 Å². The number of nitrogens with zero attached hydrogens (tertiary/aromatic N) is 2. The van der Waals surface area contributed by atoms with Gasteiger partial charge in [0.25, 0.3) is 0 Å². The summed E-state index contributed by atoms with van der Waals surface area (Å²) in [7, 11) is 2.19. The zero-order valence-electron chi connectivity index (χ0n) is 10.9. The van der Waals surface area contributed by atoms with Crippen LogP contribution in [-0.2, 0) is 0 Å². The Labute approximate surface area is 114 Å². The summed E-state index contributed by atoms with van der Waals surface area (Å²) in [5.41, 5.74) is 7.18. The highest BCUT2D eigenvalue weighted by Crippen LogP contribution is 2.26. The fraction of sp³-hybridized carbons (Fsp3) is 0.538. The van der Waals surface area contributed by atoms with Crippen molar-refractivity contribution in [2.24, 2.45) is 5.73 Å². The number of hydrogen-bond donors (Lipinski definition) is 2. The number of anilines is 1. The maximum atomic E-state index is 5.51. The van der Waals surface area contributed by atoms with Crippen molar-refractivity contribution in [1.82, 2.24) is 9.88 Å². The average molecular weight is 264 g/mol. The molecule has 1 atom stereocenters. The van der Waals surface area contributed by atoms with Gasteiger partial charge in [0.2, 0.25) is 0 Å². The van der Waals surface area contributed by atoms with E-state index < -0.39 is 0 Å². The summed E-state index contributed by atoms with van der Waals surface area (Å²) in [6.45, 7) is 3.16. The molecule has 5 heteroatoms. The van der Waals surface area contributed by atoms with Crippen molar-refractivity contribution in [2.75, 3.05) is 18.9 Å². The van der Waals surface area contributed by atoms with Gasteiger partial charge in [-0.15, -0.1) is 0 Å². The van der Waals surface area contributed by atoms with Gasteiger partial charge in [-0.05, 0) is 38.9 Å². The third-order valence-electron chi connectivity index (χ3n) is 3.44. The molecule has 1 unspecified atom stereocenters. The third kappa shape index (κ3) is 3.40. The van der Waals surface area contributed by atoms with Crippen LogP contribution >= 0.6 is 12.2 Å². The first-order chi connectivity index (χ1) is 8.58. The number of likely N-dealkylation sites (N-methyl/N-ethyl adjacent to an activating group) is 1. The van der Waals surface area contributed by atoms with Gasteiger partial charge in [0.05, 0.1) is 17.6 Å². The van der Waals surface area contributed by atoms with E-state index in [9.17, 15) is 0 Å². The summed E-state index contributed by atoms with van der Waals surface area (Å²) in [5.74, 6) is 0. The number of rotatable bonds is 6. The Morgan fingerprint density at radius 3 is 2.83 bits per heavy atom. The number of nitrogens with one attached hydrogen (secondary N) is 1. The van der Waals surface area contributed by atoms with E-state index >= 15 is 0 Å². The summed E-state index contributed by atoms with van der Waals surface area (Å²) in [6.07, 6.45) is 4.45. The van der Waals surface area contributed by atoms with Gasteiger partial charge in [-0.2, -0.15) is 0 Å². The Morgan fingerprint density at radius 2 is 2.33 bits per heavy atom. The van der Waals surface area contributed by atoms with Crippen LogP contribution in [0.4, 0.5) is 5.69 Å². The van der Waals surface area contributed by atoms with Crippen molar-refractivity contribution < 1.29 is 0 Å². The number of pyridine rings is 1. The van der Waals surface area contributed by atoms with Gasteiger partial charge in [-0.1, -0.05) is 12.2 Å². The summed E-state index contributed by atoms with van der Waals surface area (Å²) in [4.78, 5) is 6.98. The van der Waals surface area contributed by atoms with Gasteiger partial charge < -0.3 is 11.1 Å². The SMILES string of the molecule is CC(CNc1ccc(C(N)=S)nc1)N(C)C1CC1. The standard InChI is InChI=1S/C13H20N4S/c1-9(17(2)11-4-5-11)7-15-10-3-6-12(13(14)18)16-8-10/h3,6,8-9,11,15H,4-5,7H2,1-2H3,(H2,14,18). The zero-order valence-corrected chi connectivity index (χ0v) is 11.7. The highest BCUT2D eigenvalue weighted by atomic mass is 32.1. The van der Waals surface area contributed by atoms with Crippen molar-refractivity contribution in [1.29, 1.82) is 0 Å². The van der Waals surface area contributed by atoms with E-state index in [2.05, 4.69) is 29.2 Å². The van der Waals surface area contributed by atoms with Crippen LogP contribution in [0.25, 0.3) is 0 Å². The van der Waals surface area contributed by atoms with Gasteiger partial charge in [0.15, 0.2) is 0 Å². The van der Waals surface area contributed by atoms with Gasteiger partial charge in [0, 0.05) is 18.6 Å². The highest BCUT2D eigenvalue weighted by molar-refractivity contribution is 7.80. The highest BCUT2D eigenvalue weighted by Gasteiger charge is 2.28. The molecule has 1 saturated carbocycles. The van der Waals surface area contributed by atoms with E-state index in [4.69, 9.17) is 18.0 Å². The molecule has 2 rings (SSSR count). The molecule has 1 heterocycles. The van der Waals surface area contributed by atoms with Gasteiger partial charge >= 0.3 is 0 Å². The number of thiocarbonyl (C=S) groups is 1. The first-order valence-corrected chi connectivity index (χ1v) is 6.70.